The van der Waals surface area contributed by atoms with Gasteiger partial charge in [-0.2, -0.15) is 0 Å². The zero-order chi connectivity index (χ0) is 15.8. The van der Waals surface area contributed by atoms with E-state index in [4.69, 9.17) is 16.3 Å². The lowest BCUT2D eigenvalue weighted by Crippen LogP contribution is -2.34. The average molecular weight is 313 g/mol. The van der Waals surface area contributed by atoms with Crippen LogP contribution in [0.5, 0.6) is 0 Å². The molecule has 21 heavy (non-hydrogen) atoms. The molecule has 0 aliphatic rings. The Hall–Kier alpha value is -0.770. The molecule has 1 N–H and O–H groups in total. The van der Waals surface area contributed by atoms with Crippen LogP contribution in [0.2, 0.25) is 5.02 Å². The minimum Gasteiger partial charge on any atom is -0.383 e. The van der Waals surface area contributed by atoms with Crippen LogP contribution >= 0.6 is 11.6 Å². The molecule has 0 radical (unpaired) electrons. The number of methoxy groups -OCH3 is 1. The Morgan fingerprint density at radius 3 is 2.52 bits per heavy atom. The van der Waals surface area contributed by atoms with Crippen molar-refractivity contribution in [1.29, 1.82) is 0 Å². The zero-order valence-electron chi connectivity index (χ0n) is 13.9. The van der Waals surface area contributed by atoms with Gasteiger partial charge in [-0.1, -0.05) is 24.6 Å². The van der Waals surface area contributed by atoms with Gasteiger partial charge in [-0.3, -0.25) is 0 Å². The van der Waals surface area contributed by atoms with Gasteiger partial charge in [0.15, 0.2) is 0 Å². The normalized spacial score (nSPS) is 12.7. The molecule has 120 valence electrons. The van der Waals surface area contributed by atoms with Crippen molar-refractivity contribution in [3.63, 3.8) is 0 Å². The van der Waals surface area contributed by atoms with Crippen molar-refractivity contribution >= 4 is 17.3 Å². The van der Waals surface area contributed by atoms with Crippen LogP contribution in [0.15, 0.2) is 18.2 Å². The van der Waals surface area contributed by atoms with Gasteiger partial charge >= 0.3 is 0 Å². The van der Waals surface area contributed by atoms with E-state index in [0.717, 1.165) is 30.2 Å². The van der Waals surface area contributed by atoms with Crippen LogP contribution in [0.25, 0.3) is 0 Å². The molecule has 1 unspecified atom stereocenters. The van der Waals surface area contributed by atoms with E-state index in [2.05, 4.69) is 56.1 Å². The van der Waals surface area contributed by atoms with Crippen molar-refractivity contribution in [1.82, 2.24) is 5.32 Å². The van der Waals surface area contributed by atoms with Crippen molar-refractivity contribution in [2.24, 2.45) is 0 Å². The van der Waals surface area contributed by atoms with Crippen LogP contribution in [0.4, 0.5) is 5.69 Å². The van der Waals surface area contributed by atoms with E-state index in [9.17, 15) is 0 Å². The molecule has 1 aromatic rings. The molecular formula is C17H29ClN2O. The van der Waals surface area contributed by atoms with Crippen LogP contribution in [-0.4, -0.2) is 32.8 Å². The summed E-state index contributed by atoms with van der Waals surface area (Å²) < 4.78 is 5.20. The highest BCUT2D eigenvalue weighted by Gasteiger charge is 2.15. The summed E-state index contributed by atoms with van der Waals surface area (Å²) in [6, 6.07) is 7.07. The van der Waals surface area contributed by atoms with E-state index in [1.807, 2.05) is 0 Å². The van der Waals surface area contributed by atoms with Crippen LogP contribution in [0, 0.1) is 0 Å². The molecule has 3 nitrogen and oxygen atoms in total. The summed E-state index contributed by atoms with van der Waals surface area (Å²) in [5, 5.41) is 4.30. The highest BCUT2D eigenvalue weighted by atomic mass is 35.5. The first kappa shape index (κ1) is 18.3. The fraction of sp³-hybridized carbons (Fsp3) is 0.647. The Balaban J connectivity index is 2.89. The summed E-state index contributed by atoms with van der Waals surface area (Å²) >= 11 is 6.51. The Labute approximate surface area is 134 Å². The average Bonchev–Trinajstić information content (AvgIpc) is 2.46. The molecule has 0 bridgehead atoms. The lowest BCUT2D eigenvalue weighted by Gasteiger charge is -2.30. The van der Waals surface area contributed by atoms with Gasteiger partial charge in [0.1, 0.15) is 0 Å². The summed E-state index contributed by atoms with van der Waals surface area (Å²) in [4.78, 5) is 2.28. The predicted octanol–water partition coefficient (Wildman–Crippen LogP) is 4.26. The molecule has 0 fully saturated rings. The summed E-state index contributed by atoms with van der Waals surface area (Å²) in [6.07, 6.45) is 1.13. The largest absolute Gasteiger partial charge is 0.383 e. The van der Waals surface area contributed by atoms with Crippen molar-refractivity contribution in [3.8, 4) is 0 Å². The fourth-order valence-electron chi connectivity index (χ4n) is 2.35. The Morgan fingerprint density at radius 2 is 2.00 bits per heavy atom. The standard InChI is InChI=1S/C17H29ClN2O/c1-6-9-19-14(4)15-7-8-17(16(18)12-15)20(13(2)3)10-11-21-5/h7-8,12-14,19H,6,9-11H2,1-5H3. The third-order valence-corrected chi connectivity index (χ3v) is 3.94. The van der Waals surface area contributed by atoms with E-state index >= 15 is 0 Å². The van der Waals surface area contributed by atoms with Gasteiger partial charge in [-0.05, 0) is 51.4 Å². The van der Waals surface area contributed by atoms with Gasteiger partial charge in [0.05, 0.1) is 17.3 Å². The van der Waals surface area contributed by atoms with Gasteiger partial charge < -0.3 is 15.0 Å². The van der Waals surface area contributed by atoms with E-state index in [1.165, 1.54) is 5.56 Å². The molecule has 4 heteroatoms. The lowest BCUT2D eigenvalue weighted by molar-refractivity contribution is 0.204. The van der Waals surface area contributed by atoms with Crippen molar-refractivity contribution in [2.75, 3.05) is 31.7 Å². The number of ether oxygens (including phenoxy) is 1. The lowest BCUT2D eigenvalue weighted by atomic mass is 10.1. The predicted molar refractivity (Wildman–Crippen MR) is 92.5 cm³/mol. The van der Waals surface area contributed by atoms with Gasteiger partial charge in [-0.25, -0.2) is 0 Å². The summed E-state index contributed by atoms with van der Waals surface area (Å²) in [6.45, 7) is 11.3. The molecule has 1 aromatic carbocycles. The highest BCUT2D eigenvalue weighted by Crippen LogP contribution is 2.30. The summed E-state index contributed by atoms with van der Waals surface area (Å²) in [5.74, 6) is 0. The number of hydrogen-bond donors (Lipinski definition) is 1. The molecule has 0 spiro atoms. The van der Waals surface area contributed by atoms with E-state index < -0.39 is 0 Å². The quantitative estimate of drug-likeness (QED) is 0.737. The number of hydrogen-bond acceptors (Lipinski definition) is 3. The van der Waals surface area contributed by atoms with Gasteiger partial charge in [-0.15, -0.1) is 0 Å². The monoisotopic (exact) mass is 312 g/mol. The first-order chi connectivity index (χ1) is 10.0. The van der Waals surface area contributed by atoms with E-state index in [-0.39, 0.29) is 0 Å². The molecule has 0 aliphatic heterocycles. The van der Waals surface area contributed by atoms with Crippen molar-refractivity contribution in [2.45, 2.75) is 46.2 Å². The molecule has 1 rings (SSSR count). The molecule has 1 atom stereocenters. The molecule has 0 saturated heterocycles. The van der Waals surface area contributed by atoms with Crippen LogP contribution in [0.1, 0.15) is 45.7 Å². The molecule has 0 aromatic heterocycles. The number of benzene rings is 1. The minimum atomic E-state index is 0.322. The zero-order valence-corrected chi connectivity index (χ0v) is 14.7. The molecule has 0 heterocycles. The van der Waals surface area contributed by atoms with Gasteiger partial charge in [0, 0.05) is 25.7 Å². The topological polar surface area (TPSA) is 24.5 Å². The third-order valence-electron chi connectivity index (χ3n) is 3.64. The maximum Gasteiger partial charge on any atom is 0.0643 e. The third kappa shape index (κ3) is 5.50. The van der Waals surface area contributed by atoms with Crippen LogP contribution in [0.3, 0.4) is 0 Å². The van der Waals surface area contributed by atoms with Gasteiger partial charge in [0.25, 0.3) is 0 Å². The Bertz CT molecular complexity index is 423. The van der Waals surface area contributed by atoms with E-state index in [1.54, 1.807) is 7.11 Å². The highest BCUT2D eigenvalue weighted by molar-refractivity contribution is 6.33. The van der Waals surface area contributed by atoms with Crippen molar-refractivity contribution < 1.29 is 4.74 Å². The summed E-state index contributed by atoms with van der Waals surface area (Å²) in [7, 11) is 1.73. The minimum absolute atomic E-state index is 0.322. The second kappa shape index (κ2) is 9.29. The van der Waals surface area contributed by atoms with E-state index in [0.29, 0.717) is 18.7 Å². The summed E-state index contributed by atoms with van der Waals surface area (Å²) in [5.41, 5.74) is 2.31. The maximum atomic E-state index is 6.51. The SMILES string of the molecule is CCCNC(C)c1ccc(N(CCOC)C(C)C)c(Cl)c1. The number of anilines is 1. The number of nitrogens with one attached hydrogen (secondary N) is 1. The van der Waals surface area contributed by atoms with Crippen LogP contribution < -0.4 is 10.2 Å². The molecular weight excluding hydrogens is 284 g/mol. The smallest absolute Gasteiger partial charge is 0.0643 e. The second-order valence-electron chi connectivity index (χ2n) is 5.67. The number of nitrogens with zero attached hydrogens (tertiary/aromatic N) is 1. The molecule has 0 saturated carbocycles. The second-order valence-corrected chi connectivity index (χ2v) is 6.07. The fourth-order valence-corrected chi connectivity index (χ4v) is 2.65. The first-order valence-electron chi connectivity index (χ1n) is 7.79. The number of rotatable bonds is 9. The number of halogens is 1. The Morgan fingerprint density at radius 1 is 1.29 bits per heavy atom. The van der Waals surface area contributed by atoms with Gasteiger partial charge in [0.2, 0.25) is 0 Å². The maximum absolute atomic E-state index is 6.51. The Kier molecular flexibility index (Phi) is 8.09. The van der Waals surface area contributed by atoms with Crippen molar-refractivity contribution in [3.05, 3.63) is 28.8 Å². The molecule has 0 aliphatic carbocycles. The molecule has 0 amide bonds. The van der Waals surface area contributed by atoms with Crippen LogP contribution in [-0.2, 0) is 4.74 Å². The first-order valence-corrected chi connectivity index (χ1v) is 8.17.